The van der Waals surface area contributed by atoms with Crippen LogP contribution in [0.15, 0.2) is 0 Å². The van der Waals surface area contributed by atoms with E-state index in [0.29, 0.717) is 0 Å². The van der Waals surface area contributed by atoms with Crippen molar-refractivity contribution in [1.82, 2.24) is 0 Å². The van der Waals surface area contributed by atoms with Gasteiger partial charge in [-0.3, -0.25) is 0 Å². The molecule has 0 aromatic rings. The molecule has 0 aromatic carbocycles. The molecule has 2 unspecified atom stereocenters. The van der Waals surface area contributed by atoms with Gasteiger partial charge in [-0.2, -0.15) is 12.1 Å². The summed E-state index contributed by atoms with van der Waals surface area (Å²) in [5.41, 5.74) is 14.6. The van der Waals surface area contributed by atoms with E-state index in [9.17, 15) is 9.59 Å². The Labute approximate surface area is 205 Å². The van der Waals surface area contributed by atoms with Crippen molar-refractivity contribution in [2.75, 3.05) is 0 Å². The third-order valence-electron chi connectivity index (χ3n) is 5.62. The van der Waals surface area contributed by atoms with Gasteiger partial charge < -0.3 is 31.3 Å². The van der Waals surface area contributed by atoms with Gasteiger partial charge in [0.2, 0.25) is 0 Å². The first kappa shape index (κ1) is 38.2. The molecule has 190 valence electrons. The standard InChI is InChI=1S/C6H12N2.2C6H16OSi.C2H2O4.Pt/c7-5-3-1-2-4-6(5)8;2*1-6(2,3)8(4,5)7;3-1(4)2(5)6;/h5-8H,1-4H2;2*7H,1-5H3;(H,3,4)(H,5,6);/q-2;;;;+2. The van der Waals surface area contributed by atoms with Crippen LogP contribution in [-0.4, -0.2) is 60.5 Å². The zero-order valence-corrected chi connectivity index (χ0v) is 25.2. The summed E-state index contributed by atoms with van der Waals surface area (Å²) in [6, 6.07) is -0.160. The molecule has 1 aliphatic rings. The van der Waals surface area contributed by atoms with Crippen LogP contribution in [0.25, 0.3) is 11.5 Å². The van der Waals surface area contributed by atoms with Crippen LogP contribution in [-0.2, 0) is 30.7 Å². The fourth-order valence-corrected chi connectivity index (χ4v) is 1.13. The molecular weight excluding hydrogens is 615 g/mol. The second-order valence-electron chi connectivity index (χ2n) is 10.7. The van der Waals surface area contributed by atoms with Gasteiger partial charge in [0, 0.05) is 0 Å². The van der Waals surface area contributed by atoms with Crippen molar-refractivity contribution in [3.05, 3.63) is 11.5 Å². The molecule has 0 aromatic heterocycles. The van der Waals surface area contributed by atoms with Gasteiger partial charge in [-0.05, 0) is 36.3 Å². The van der Waals surface area contributed by atoms with Crippen molar-refractivity contribution in [2.24, 2.45) is 0 Å². The maximum Gasteiger partial charge on any atom is 2.00 e. The molecule has 0 bridgehead atoms. The van der Waals surface area contributed by atoms with Gasteiger partial charge >= 0.3 is 33.0 Å². The van der Waals surface area contributed by atoms with Crippen LogP contribution in [0.4, 0.5) is 0 Å². The second-order valence-corrected chi connectivity index (χ2v) is 20.0. The van der Waals surface area contributed by atoms with Crippen molar-refractivity contribution in [3.8, 4) is 0 Å². The Morgan fingerprint density at radius 1 is 0.710 bits per heavy atom. The van der Waals surface area contributed by atoms with Gasteiger partial charge in [0.25, 0.3) is 0 Å². The van der Waals surface area contributed by atoms with Crippen LogP contribution in [0.3, 0.4) is 0 Å². The monoisotopic (exact) mass is 661 g/mol. The number of carboxylic acids is 2. The molecule has 0 radical (unpaired) electrons. The Balaban J connectivity index is -0.000000156. The minimum Gasteiger partial charge on any atom is -0.676 e. The number of hydrogen-bond acceptors (Lipinski definition) is 4. The molecule has 1 rings (SSSR count). The minimum atomic E-state index is -1.86. The molecular formula is C20H46N2O6PtSi2. The van der Waals surface area contributed by atoms with E-state index in [1.54, 1.807) is 0 Å². The SMILES string of the molecule is CC(C)(C)[Si](C)(C)O.CC(C)(C)[Si](C)(C)O.O=C(O)C(=O)O.[NH-]C1CCCCC1[NH-].[Pt+2]. The average Bonchev–Trinajstić information content (AvgIpc) is 2.48. The van der Waals surface area contributed by atoms with Crippen LogP contribution >= 0.6 is 0 Å². The zero-order valence-electron chi connectivity index (χ0n) is 20.9. The van der Waals surface area contributed by atoms with Crippen molar-refractivity contribution in [1.29, 1.82) is 0 Å². The molecule has 31 heavy (non-hydrogen) atoms. The van der Waals surface area contributed by atoms with Gasteiger partial charge in [-0.25, -0.2) is 9.59 Å². The van der Waals surface area contributed by atoms with Crippen molar-refractivity contribution >= 4 is 28.6 Å². The van der Waals surface area contributed by atoms with E-state index in [4.69, 9.17) is 31.3 Å². The fourth-order valence-electron chi connectivity index (χ4n) is 1.13. The quantitative estimate of drug-likeness (QED) is 0.197. The second kappa shape index (κ2) is 15.7. The number of carbonyl (C=O) groups is 2. The molecule has 1 fully saturated rings. The fraction of sp³-hybridized carbons (Fsp3) is 0.900. The van der Waals surface area contributed by atoms with Gasteiger partial charge in [-0.1, -0.05) is 67.2 Å². The molecule has 0 aliphatic heterocycles. The molecule has 1 aliphatic carbocycles. The Bertz CT molecular complexity index is 440. The summed E-state index contributed by atoms with van der Waals surface area (Å²) in [5, 5.41) is 15.0. The summed E-state index contributed by atoms with van der Waals surface area (Å²) in [7, 11) is -3.72. The predicted molar refractivity (Wildman–Crippen MR) is 129 cm³/mol. The molecule has 0 saturated heterocycles. The van der Waals surface area contributed by atoms with Gasteiger partial charge in [0.1, 0.15) is 0 Å². The van der Waals surface area contributed by atoms with E-state index in [-0.39, 0.29) is 43.2 Å². The number of hydrogen-bond donors (Lipinski definition) is 4. The van der Waals surface area contributed by atoms with Crippen molar-refractivity contribution in [3.63, 3.8) is 0 Å². The van der Waals surface area contributed by atoms with Crippen LogP contribution in [0, 0.1) is 0 Å². The topological polar surface area (TPSA) is 163 Å². The number of aliphatic carboxylic acids is 2. The summed E-state index contributed by atoms with van der Waals surface area (Å²) < 4.78 is 0. The van der Waals surface area contributed by atoms with E-state index in [0.717, 1.165) is 12.8 Å². The zero-order chi connectivity index (χ0) is 25.1. The van der Waals surface area contributed by atoms with Gasteiger partial charge in [0.05, 0.1) is 0 Å². The Morgan fingerprint density at radius 3 is 0.935 bits per heavy atom. The smallest absolute Gasteiger partial charge is 0.676 e. The summed E-state index contributed by atoms with van der Waals surface area (Å²) in [5.74, 6) is -3.65. The third-order valence-corrected chi connectivity index (χ3v) is 13.0. The van der Waals surface area contributed by atoms with Crippen LogP contribution in [0.1, 0.15) is 67.2 Å². The summed E-state index contributed by atoms with van der Waals surface area (Å²) in [6.07, 6.45) is 4.25. The first-order chi connectivity index (χ1) is 12.9. The van der Waals surface area contributed by atoms with E-state index in [2.05, 4.69) is 41.5 Å². The maximum atomic E-state index is 9.49. The third kappa shape index (κ3) is 21.5. The number of rotatable bonds is 0. The summed E-state index contributed by atoms with van der Waals surface area (Å²) in [6.45, 7) is 20.4. The summed E-state index contributed by atoms with van der Waals surface area (Å²) in [4.78, 5) is 37.2. The van der Waals surface area contributed by atoms with Crippen LogP contribution in [0.5, 0.6) is 0 Å². The molecule has 8 nitrogen and oxygen atoms in total. The summed E-state index contributed by atoms with van der Waals surface area (Å²) >= 11 is 0. The number of nitrogens with one attached hydrogen (secondary N) is 2. The molecule has 2 atom stereocenters. The molecule has 0 spiro atoms. The van der Waals surface area contributed by atoms with Gasteiger partial charge in [-0.15, -0.1) is 0 Å². The Morgan fingerprint density at radius 2 is 0.871 bits per heavy atom. The molecule has 1 saturated carbocycles. The Kier molecular flexibility index (Phi) is 19.3. The molecule has 0 heterocycles. The molecule has 11 heteroatoms. The first-order valence-electron chi connectivity index (χ1n) is 10.3. The predicted octanol–water partition coefficient (Wildman–Crippen LogP) is 5.52. The van der Waals surface area contributed by atoms with Gasteiger partial charge in [0.15, 0.2) is 16.6 Å². The van der Waals surface area contributed by atoms with E-state index in [1.807, 2.05) is 26.2 Å². The van der Waals surface area contributed by atoms with Crippen molar-refractivity contribution < 1.29 is 50.5 Å². The largest absolute Gasteiger partial charge is 2.00 e. The maximum absolute atomic E-state index is 9.49. The molecule has 0 amide bonds. The number of carboxylic acid groups (broad SMARTS) is 2. The van der Waals surface area contributed by atoms with Crippen LogP contribution in [0.2, 0.25) is 36.3 Å². The van der Waals surface area contributed by atoms with E-state index >= 15 is 0 Å². The van der Waals surface area contributed by atoms with E-state index in [1.165, 1.54) is 12.8 Å². The van der Waals surface area contributed by atoms with Crippen LogP contribution < -0.4 is 0 Å². The normalized spacial score (nSPS) is 19.0. The first-order valence-corrected chi connectivity index (χ1v) is 16.2. The minimum absolute atomic E-state index is 0. The molecule has 6 N–H and O–H groups in total. The average molecular weight is 662 g/mol. The Hall–Kier alpha value is -0.0979. The van der Waals surface area contributed by atoms with Crippen molar-refractivity contribution in [2.45, 2.75) is 116 Å². The van der Waals surface area contributed by atoms with E-state index < -0.39 is 28.6 Å².